The maximum absolute atomic E-state index is 13.5. The van der Waals surface area contributed by atoms with Gasteiger partial charge in [0, 0.05) is 6.42 Å². The lowest BCUT2D eigenvalue weighted by Crippen LogP contribution is -2.43. The lowest BCUT2D eigenvalue weighted by molar-refractivity contribution is -0.140. The Morgan fingerprint density at radius 3 is 2.64 bits per heavy atom. The Morgan fingerprint density at radius 1 is 1.17 bits per heavy atom. The van der Waals surface area contributed by atoms with Crippen LogP contribution < -0.4 is 10.1 Å². The molecular formula is C27H26N4O5. The summed E-state index contributed by atoms with van der Waals surface area (Å²) >= 11 is 0. The Hall–Kier alpha value is -4.40. The summed E-state index contributed by atoms with van der Waals surface area (Å²) in [6, 6.07) is 17.2. The summed E-state index contributed by atoms with van der Waals surface area (Å²) in [6.07, 6.45) is 1.99. The highest BCUT2D eigenvalue weighted by atomic mass is 16.5. The molecule has 2 atom stereocenters. The maximum atomic E-state index is 13.5. The number of nitrogens with one attached hydrogen (secondary N) is 1. The molecular weight excluding hydrogens is 460 g/mol. The van der Waals surface area contributed by atoms with Crippen LogP contribution >= 0.6 is 0 Å². The molecule has 0 saturated carbocycles. The van der Waals surface area contributed by atoms with E-state index in [0.29, 0.717) is 23.5 Å². The summed E-state index contributed by atoms with van der Waals surface area (Å²) in [6.45, 7) is 3.16. The quantitative estimate of drug-likeness (QED) is 0.535. The molecule has 1 aromatic heterocycles. The Balaban J connectivity index is 1.41. The molecule has 1 fully saturated rings. The van der Waals surface area contributed by atoms with Crippen LogP contribution in [-0.2, 0) is 15.1 Å². The molecule has 3 aromatic rings. The molecule has 1 N–H and O–H groups in total. The predicted octanol–water partition coefficient (Wildman–Crippen LogP) is 3.74. The number of ether oxygens (including phenoxy) is 1. The van der Waals surface area contributed by atoms with E-state index in [1.165, 1.54) is 12.1 Å². The van der Waals surface area contributed by atoms with Gasteiger partial charge < -0.3 is 14.5 Å². The van der Waals surface area contributed by atoms with Crippen molar-refractivity contribution in [3.05, 3.63) is 89.4 Å². The zero-order valence-corrected chi connectivity index (χ0v) is 20.2. The van der Waals surface area contributed by atoms with E-state index in [-0.39, 0.29) is 0 Å². The number of hydrazone groups is 1. The van der Waals surface area contributed by atoms with Crippen molar-refractivity contribution in [2.75, 3.05) is 13.7 Å². The number of methoxy groups -OCH3 is 1. The molecule has 2 aliphatic heterocycles. The Morgan fingerprint density at radius 2 is 1.94 bits per heavy atom. The number of imide groups is 1. The highest BCUT2D eigenvalue weighted by Gasteiger charge is 2.50. The molecule has 2 aromatic carbocycles. The van der Waals surface area contributed by atoms with Gasteiger partial charge in [0.15, 0.2) is 0 Å². The minimum Gasteiger partial charge on any atom is -0.497 e. The molecule has 9 heteroatoms. The summed E-state index contributed by atoms with van der Waals surface area (Å²) in [5.41, 5.74) is 1.97. The normalized spacial score (nSPS) is 21.5. The van der Waals surface area contributed by atoms with Gasteiger partial charge in [-0.3, -0.25) is 14.5 Å². The molecule has 0 spiro atoms. The van der Waals surface area contributed by atoms with Gasteiger partial charge in [-0.15, -0.1) is 0 Å². The van der Waals surface area contributed by atoms with Crippen LogP contribution in [0.2, 0.25) is 0 Å². The number of nitrogens with zero attached hydrogens (tertiary/aromatic N) is 3. The lowest BCUT2D eigenvalue weighted by atomic mass is 9.92. The van der Waals surface area contributed by atoms with E-state index < -0.39 is 36.0 Å². The molecule has 36 heavy (non-hydrogen) atoms. The summed E-state index contributed by atoms with van der Waals surface area (Å²) in [4.78, 5) is 40.6. The highest BCUT2D eigenvalue weighted by Crippen LogP contribution is 2.35. The van der Waals surface area contributed by atoms with Crippen molar-refractivity contribution in [3.8, 4) is 5.75 Å². The first-order valence-electron chi connectivity index (χ1n) is 11.6. The van der Waals surface area contributed by atoms with Crippen LogP contribution in [0, 0.1) is 6.92 Å². The third-order valence-electron chi connectivity index (χ3n) is 6.64. The third kappa shape index (κ3) is 4.02. The number of carbonyl (C=O) groups is 3. The van der Waals surface area contributed by atoms with Gasteiger partial charge in [-0.05, 0) is 49.2 Å². The summed E-state index contributed by atoms with van der Waals surface area (Å²) in [5, 5.41) is 8.63. The fraction of sp³-hybridized carbons (Fsp3) is 0.259. The fourth-order valence-corrected chi connectivity index (χ4v) is 4.54. The number of rotatable bonds is 6. The Bertz CT molecular complexity index is 1350. The summed E-state index contributed by atoms with van der Waals surface area (Å²) in [7, 11) is 1.53. The SMILES string of the molecule is COc1cccc([C@]2(C)NC(=O)N(CC(=O)N3N=C(c4ccc(C)cc4)C[C@@H]3c3ccco3)C2=O)c1. The van der Waals surface area contributed by atoms with E-state index in [0.717, 1.165) is 21.7 Å². The van der Waals surface area contributed by atoms with Crippen LogP contribution in [0.4, 0.5) is 4.79 Å². The zero-order chi connectivity index (χ0) is 25.4. The zero-order valence-electron chi connectivity index (χ0n) is 20.2. The van der Waals surface area contributed by atoms with Crippen LogP contribution in [0.25, 0.3) is 0 Å². The van der Waals surface area contributed by atoms with E-state index in [1.54, 1.807) is 49.6 Å². The van der Waals surface area contributed by atoms with E-state index in [9.17, 15) is 14.4 Å². The van der Waals surface area contributed by atoms with E-state index in [2.05, 4.69) is 10.4 Å². The van der Waals surface area contributed by atoms with Gasteiger partial charge in [0.1, 0.15) is 29.6 Å². The standard InChI is InChI=1S/C27H26N4O5/c1-17-9-11-18(12-10-17)21-15-22(23-8-5-13-36-23)31(29-21)24(32)16-30-25(33)27(2,28-26(30)34)19-6-4-7-20(14-19)35-3/h4-14,22H,15-16H2,1-3H3,(H,28,34)/t22-,27+/m1/s1. The van der Waals surface area contributed by atoms with Crippen molar-refractivity contribution >= 4 is 23.6 Å². The summed E-state index contributed by atoms with van der Waals surface area (Å²) in [5.74, 6) is 0.122. The molecule has 184 valence electrons. The maximum Gasteiger partial charge on any atom is 0.325 e. The molecule has 0 radical (unpaired) electrons. The van der Waals surface area contributed by atoms with Gasteiger partial charge in [-0.2, -0.15) is 5.10 Å². The van der Waals surface area contributed by atoms with Gasteiger partial charge in [0.25, 0.3) is 11.8 Å². The van der Waals surface area contributed by atoms with Crippen LogP contribution in [0.15, 0.2) is 76.4 Å². The smallest absolute Gasteiger partial charge is 0.325 e. The van der Waals surface area contributed by atoms with E-state index in [1.807, 2.05) is 31.2 Å². The van der Waals surface area contributed by atoms with Crippen molar-refractivity contribution in [3.63, 3.8) is 0 Å². The second-order valence-electron chi connectivity index (χ2n) is 9.06. The molecule has 5 rings (SSSR count). The number of carbonyl (C=O) groups excluding carboxylic acids is 3. The molecule has 9 nitrogen and oxygen atoms in total. The van der Waals surface area contributed by atoms with Crippen molar-refractivity contribution in [1.82, 2.24) is 15.2 Å². The van der Waals surface area contributed by atoms with Crippen LogP contribution in [0.1, 0.15) is 41.8 Å². The van der Waals surface area contributed by atoms with Crippen LogP contribution in [0.3, 0.4) is 0 Å². The van der Waals surface area contributed by atoms with Crippen LogP contribution in [0.5, 0.6) is 5.75 Å². The van der Waals surface area contributed by atoms with Crippen molar-refractivity contribution in [2.45, 2.75) is 31.8 Å². The van der Waals surface area contributed by atoms with Gasteiger partial charge in [-0.1, -0.05) is 42.0 Å². The predicted molar refractivity (Wildman–Crippen MR) is 131 cm³/mol. The van der Waals surface area contributed by atoms with Crippen molar-refractivity contribution in [2.24, 2.45) is 5.10 Å². The molecule has 0 unspecified atom stereocenters. The third-order valence-corrected chi connectivity index (χ3v) is 6.64. The van der Waals surface area contributed by atoms with Gasteiger partial charge in [0.05, 0.1) is 19.1 Å². The minimum absolute atomic E-state index is 0.448. The molecule has 2 aliphatic rings. The number of furan rings is 1. The topological polar surface area (TPSA) is 104 Å². The lowest BCUT2D eigenvalue weighted by Gasteiger charge is -2.24. The molecule has 3 heterocycles. The Kier molecular flexibility index (Phi) is 5.83. The number of hydrogen-bond donors (Lipinski definition) is 1. The number of urea groups is 1. The summed E-state index contributed by atoms with van der Waals surface area (Å²) < 4.78 is 10.8. The molecule has 0 bridgehead atoms. The first-order valence-corrected chi connectivity index (χ1v) is 11.6. The van der Waals surface area contributed by atoms with Crippen LogP contribution in [-0.4, -0.2) is 47.1 Å². The van der Waals surface area contributed by atoms with Gasteiger partial charge >= 0.3 is 6.03 Å². The number of benzene rings is 2. The average molecular weight is 487 g/mol. The van der Waals surface area contributed by atoms with E-state index >= 15 is 0 Å². The minimum atomic E-state index is -1.33. The largest absolute Gasteiger partial charge is 0.497 e. The first kappa shape index (κ1) is 23.3. The molecule has 1 saturated heterocycles. The number of hydrogen-bond acceptors (Lipinski definition) is 6. The second-order valence-corrected chi connectivity index (χ2v) is 9.06. The average Bonchev–Trinajstić information content (AvgIpc) is 3.61. The van der Waals surface area contributed by atoms with Crippen molar-refractivity contribution < 1.29 is 23.5 Å². The van der Waals surface area contributed by atoms with E-state index in [4.69, 9.17) is 9.15 Å². The molecule has 4 amide bonds. The van der Waals surface area contributed by atoms with Gasteiger partial charge in [0.2, 0.25) is 0 Å². The van der Waals surface area contributed by atoms with Crippen molar-refractivity contribution in [1.29, 1.82) is 0 Å². The second kappa shape index (κ2) is 8.99. The fourth-order valence-electron chi connectivity index (χ4n) is 4.54. The van der Waals surface area contributed by atoms with Gasteiger partial charge in [-0.25, -0.2) is 9.80 Å². The number of aryl methyl sites for hydroxylation is 1. The number of amides is 4. The Labute approximate surface area is 208 Å². The first-order chi connectivity index (χ1) is 17.3. The molecule has 0 aliphatic carbocycles. The monoisotopic (exact) mass is 486 g/mol. The highest BCUT2D eigenvalue weighted by molar-refractivity contribution is 6.09.